The summed E-state index contributed by atoms with van der Waals surface area (Å²) in [6.07, 6.45) is 0. The highest BCUT2D eigenvalue weighted by molar-refractivity contribution is 6.04. The monoisotopic (exact) mass is 407 g/mol. The molecule has 7 nitrogen and oxygen atoms in total. The zero-order valence-electron chi connectivity index (χ0n) is 16.3. The molecule has 1 amide bonds. The molecule has 0 spiro atoms. The van der Waals surface area contributed by atoms with Crippen molar-refractivity contribution in [2.45, 2.75) is 0 Å². The van der Waals surface area contributed by atoms with Crippen molar-refractivity contribution >= 4 is 34.5 Å². The zero-order valence-corrected chi connectivity index (χ0v) is 16.3. The number of anilines is 5. The van der Waals surface area contributed by atoms with Crippen LogP contribution in [0.4, 0.5) is 33.0 Å². The van der Waals surface area contributed by atoms with Crippen LogP contribution in [-0.4, -0.2) is 37.2 Å². The number of aromatic nitrogens is 1. The fourth-order valence-electron chi connectivity index (χ4n) is 3.23. The molecule has 8 heteroatoms. The Balaban J connectivity index is 1.51. The normalized spacial score (nSPS) is 13.7. The number of carbonyl (C=O) groups is 1. The average molecular weight is 407 g/mol. The maximum atomic E-state index is 13.9. The molecular weight excluding hydrogens is 385 g/mol. The second-order valence-electron chi connectivity index (χ2n) is 6.88. The Morgan fingerprint density at radius 3 is 2.67 bits per heavy atom. The highest BCUT2D eigenvalue weighted by Gasteiger charge is 2.14. The van der Waals surface area contributed by atoms with E-state index in [4.69, 9.17) is 10.5 Å². The van der Waals surface area contributed by atoms with Gasteiger partial charge in [0, 0.05) is 36.2 Å². The standard InChI is InChI=1S/C22H22FN5O2/c23-18-6-1-2-7-19(18)26-21-13-15(24)12-20(27-21)22(29)25-16-4-3-5-17(14-16)28-8-10-30-11-9-28/h1-7,12-14H,8-11H2,(H,25,29)(H3,24,26,27). The molecule has 0 bridgehead atoms. The summed E-state index contributed by atoms with van der Waals surface area (Å²) in [6, 6.07) is 16.8. The van der Waals surface area contributed by atoms with Crippen LogP contribution in [0.25, 0.3) is 0 Å². The Bertz CT molecular complexity index is 1050. The first-order chi connectivity index (χ1) is 14.6. The van der Waals surface area contributed by atoms with Crippen molar-refractivity contribution in [3.63, 3.8) is 0 Å². The van der Waals surface area contributed by atoms with E-state index >= 15 is 0 Å². The molecule has 0 atom stereocenters. The zero-order chi connectivity index (χ0) is 20.9. The van der Waals surface area contributed by atoms with E-state index in [-0.39, 0.29) is 17.2 Å². The number of ether oxygens (including phenoxy) is 1. The Morgan fingerprint density at radius 1 is 1.07 bits per heavy atom. The van der Waals surface area contributed by atoms with Crippen molar-refractivity contribution in [2.75, 3.05) is 47.6 Å². The number of nitrogens with two attached hydrogens (primary N) is 1. The number of hydrogen-bond donors (Lipinski definition) is 3. The van der Waals surface area contributed by atoms with E-state index < -0.39 is 11.7 Å². The summed E-state index contributed by atoms with van der Waals surface area (Å²) < 4.78 is 19.3. The van der Waals surface area contributed by atoms with Crippen LogP contribution in [0.2, 0.25) is 0 Å². The number of morpholine rings is 1. The van der Waals surface area contributed by atoms with E-state index in [1.807, 2.05) is 24.3 Å². The predicted octanol–water partition coefficient (Wildman–Crippen LogP) is 3.64. The van der Waals surface area contributed by atoms with E-state index in [0.29, 0.717) is 24.6 Å². The fourth-order valence-corrected chi connectivity index (χ4v) is 3.23. The Morgan fingerprint density at radius 2 is 1.87 bits per heavy atom. The first-order valence-electron chi connectivity index (χ1n) is 9.62. The molecule has 1 fully saturated rings. The van der Waals surface area contributed by atoms with Gasteiger partial charge in [0.15, 0.2) is 0 Å². The third-order valence-corrected chi connectivity index (χ3v) is 4.70. The number of nitrogen functional groups attached to an aromatic ring is 1. The molecular formula is C22H22FN5O2. The van der Waals surface area contributed by atoms with Crippen molar-refractivity contribution in [2.24, 2.45) is 0 Å². The maximum absolute atomic E-state index is 13.9. The summed E-state index contributed by atoms with van der Waals surface area (Å²) >= 11 is 0. The van der Waals surface area contributed by atoms with Crippen LogP contribution >= 0.6 is 0 Å². The van der Waals surface area contributed by atoms with Gasteiger partial charge in [-0.3, -0.25) is 4.79 Å². The molecule has 0 saturated carbocycles. The summed E-state index contributed by atoms with van der Waals surface area (Å²) in [5.74, 6) is -0.544. The molecule has 1 saturated heterocycles. The Kier molecular flexibility index (Phi) is 5.76. The van der Waals surface area contributed by atoms with Gasteiger partial charge in [-0.2, -0.15) is 0 Å². The van der Waals surface area contributed by atoms with Crippen LogP contribution in [-0.2, 0) is 4.74 Å². The van der Waals surface area contributed by atoms with Crippen molar-refractivity contribution in [1.82, 2.24) is 4.98 Å². The molecule has 30 heavy (non-hydrogen) atoms. The van der Waals surface area contributed by atoms with Crippen molar-refractivity contribution < 1.29 is 13.9 Å². The van der Waals surface area contributed by atoms with Gasteiger partial charge in [0.05, 0.1) is 18.9 Å². The minimum Gasteiger partial charge on any atom is -0.399 e. The molecule has 154 valence electrons. The van der Waals surface area contributed by atoms with E-state index in [1.54, 1.807) is 24.3 Å². The molecule has 1 aliphatic rings. The maximum Gasteiger partial charge on any atom is 0.274 e. The highest BCUT2D eigenvalue weighted by Crippen LogP contribution is 2.23. The molecule has 2 heterocycles. The number of pyridine rings is 1. The summed E-state index contributed by atoms with van der Waals surface area (Å²) in [5.41, 5.74) is 8.32. The Hall–Kier alpha value is -3.65. The lowest BCUT2D eigenvalue weighted by molar-refractivity contribution is 0.102. The number of hydrogen-bond acceptors (Lipinski definition) is 6. The van der Waals surface area contributed by atoms with Crippen molar-refractivity contribution in [3.05, 3.63) is 72.2 Å². The van der Waals surface area contributed by atoms with Gasteiger partial charge < -0.3 is 26.0 Å². The number of nitrogens with zero attached hydrogens (tertiary/aromatic N) is 2. The molecule has 3 aromatic rings. The molecule has 0 radical (unpaired) electrons. The number of benzene rings is 2. The van der Waals surface area contributed by atoms with Crippen LogP contribution < -0.4 is 21.3 Å². The van der Waals surface area contributed by atoms with Gasteiger partial charge >= 0.3 is 0 Å². The lowest BCUT2D eigenvalue weighted by Crippen LogP contribution is -2.36. The van der Waals surface area contributed by atoms with Crippen LogP contribution in [0, 0.1) is 5.82 Å². The lowest BCUT2D eigenvalue weighted by Gasteiger charge is -2.29. The van der Waals surface area contributed by atoms with Crippen LogP contribution in [0.1, 0.15) is 10.5 Å². The number of carbonyl (C=O) groups excluding carboxylic acids is 1. The summed E-state index contributed by atoms with van der Waals surface area (Å²) in [4.78, 5) is 19.2. The quantitative estimate of drug-likeness (QED) is 0.598. The van der Waals surface area contributed by atoms with Crippen molar-refractivity contribution in [3.8, 4) is 0 Å². The third kappa shape index (κ3) is 4.66. The first kappa shape index (κ1) is 19.7. The van der Waals surface area contributed by atoms with Gasteiger partial charge in [-0.15, -0.1) is 0 Å². The molecule has 1 aliphatic heterocycles. The van der Waals surface area contributed by atoms with E-state index in [1.165, 1.54) is 12.1 Å². The van der Waals surface area contributed by atoms with Gasteiger partial charge in [0.1, 0.15) is 17.3 Å². The first-order valence-corrected chi connectivity index (χ1v) is 9.62. The van der Waals surface area contributed by atoms with Gasteiger partial charge in [0.2, 0.25) is 0 Å². The SMILES string of the molecule is Nc1cc(Nc2ccccc2F)nc(C(=O)Nc2cccc(N3CCOCC3)c2)c1. The molecule has 1 aromatic heterocycles. The minimum atomic E-state index is -0.423. The Labute approximate surface area is 173 Å². The molecule has 0 unspecified atom stereocenters. The average Bonchev–Trinajstić information content (AvgIpc) is 2.76. The van der Waals surface area contributed by atoms with E-state index in [0.717, 1.165) is 18.8 Å². The summed E-state index contributed by atoms with van der Waals surface area (Å²) in [6.45, 7) is 2.97. The van der Waals surface area contributed by atoms with E-state index in [9.17, 15) is 9.18 Å². The topological polar surface area (TPSA) is 92.5 Å². The van der Waals surface area contributed by atoms with Crippen LogP contribution in [0.5, 0.6) is 0 Å². The second kappa shape index (κ2) is 8.79. The van der Waals surface area contributed by atoms with Crippen LogP contribution in [0.3, 0.4) is 0 Å². The smallest absolute Gasteiger partial charge is 0.274 e. The van der Waals surface area contributed by atoms with E-state index in [2.05, 4.69) is 20.5 Å². The minimum absolute atomic E-state index is 0.130. The summed E-state index contributed by atoms with van der Waals surface area (Å²) in [5, 5.41) is 5.71. The van der Waals surface area contributed by atoms with Gasteiger partial charge in [-0.25, -0.2) is 9.37 Å². The lowest BCUT2D eigenvalue weighted by atomic mass is 10.2. The van der Waals surface area contributed by atoms with Gasteiger partial charge in [0.25, 0.3) is 5.91 Å². The number of amides is 1. The highest BCUT2D eigenvalue weighted by atomic mass is 19.1. The van der Waals surface area contributed by atoms with Crippen molar-refractivity contribution in [1.29, 1.82) is 0 Å². The van der Waals surface area contributed by atoms with Crippen LogP contribution in [0.15, 0.2) is 60.7 Å². The third-order valence-electron chi connectivity index (χ3n) is 4.70. The van der Waals surface area contributed by atoms with Gasteiger partial charge in [-0.1, -0.05) is 18.2 Å². The van der Waals surface area contributed by atoms with Gasteiger partial charge in [-0.05, 0) is 36.4 Å². The summed E-state index contributed by atoms with van der Waals surface area (Å²) in [7, 11) is 0. The largest absolute Gasteiger partial charge is 0.399 e. The predicted molar refractivity (Wildman–Crippen MR) is 116 cm³/mol. The molecule has 4 N–H and O–H groups in total. The molecule has 2 aromatic carbocycles. The number of para-hydroxylation sites is 1. The fraction of sp³-hybridized carbons (Fsp3) is 0.182. The molecule has 4 rings (SSSR count). The number of halogens is 1. The second-order valence-corrected chi connectivity index (χ2v) is 6.88. The molecule has 0 aliphatic carbocycles. The number of rotatable bonds is 5. The number of nitrogens with one attached hydrogen (secondary N) is 2.